The van der Waals surface area contributed by atoms with E-state index in [9.17, 15) is 9.59 Å². The number of fused-ring (bicyclic) bond motifs is 1. The second-order valence-corrected chi connectivity index (χ2v) is 6.52. The van der Waals surface area contributed by atoms with Crippen LogP contribution in [0.5, 0.6) is 0 Å². The number of carbonyl (C=O) groups excluding carboxylic acids is 2. The molecular formula is C20H25N5O3. The molecule has 148 valence electrons. The molecule has 3 heterocycles. The number of nitrogens with one attached hydrogen (secondary N) is 1. The van der Waals surface area contributed by atoms with E-state index in [4.69, 9.17) is 4.74 Å². The lowest BCUT2D eigenvalue weighted by Crippen LogP contribution is -2.41. The minimum absolute atomic E-state index is 0.0407. The van der Waals surface area contributed by atoms with Gasteiger partial charge in [0.25, 0.3) is 5.91 Å². The Bertz CT molecular complexity index is 813. The van der Waals surface area contributed by atoms with Crippen molar-refractivity contribution in [1.29, 1.82) is 0 Å². The second kappa shape index (κ2) is 9.89. The number of rotatable bonds is 8. The number of pyridine rings is 1. The van der Waals surface area contributed by atoms with E-state index in [2.05, 4.69) is 20.3 Å². The van der Waals surface area contributed by atoms with Crippen LogP contribution in [0, 0.1) is 0 Å². The van der Waals surface area contributed by atoms with Crippen molar-refractivity contribution in [2.24, 2.45) is 0 Å². The summed E-state index contributed by atoms with van der Waals surface area (Å²) in [5.41, 5.74) is 2.06. The predicted octanol–water partition coefficient (Wildman–Crippen LogP) is 1.47. The molecule has 2 aromatic rings. The van der Waals surface area contributed by atoms with Crippen molar-refractivity contribution < 1.29 is 14.3 Å². The molecule has 3 rings (SSSR count). The SMILES string of the molecule is CCOCCCNC(=O)CN1CCCc2nc(-c3ccncc3)ncc2C1=O. The summed E-state index contributed by atoms with van der Waals surface area (Å²) in [6.45, 7) is 4.32. The lowest BCUT2D eigenvalue weighted by molar-refractivity contribution is -0.121. The van der Waals surface area contributed by atoms with Crippen LogP contribution in [0.4, 0.5) is 0 Å². The van der Waals surface area contributed by atoms with Crippen LogP contribution in [-0.4, -0.2) is 64.5 Å². The minimum atomic E-state index is -0.196. The van der Waals surface area contributed by atoms with E-state index in [1.54, 1.807) is 23.5 Å². The third-order valence-corrected chi connectivity index (χ3v) is 4.49. The highest BCUT2D eigenvalue weighted by Gasteiger charge is 2.25. The van der Waals surface area contributed by atoms with Gasteiger partial charge in [-0.2, -0.15) is 0 Å². The highest BCUT2D eigenvalue weighted by Crippen LogP contribution is 2.20. The van der Waals surface area contributed by atoms with Crippen LogP contribution in [-0.2, 0) is 16.0 Å². The van der Waals surface area contributed by atoms with Gasteiger partial charge in [-0.05, 0) is 38.3 Å². The Hall–Kier alpha value is -2.87. The van der Waals surface area contributed by atoms with Crippen molar-refractivity contribution in [2.75, 3.05) is 32.8 Å². The molecule has 0 saturated carbocycles. The molecule has 0 atom stereocenters. The molecule has 1 N–H and O–H groups in total. The standard InChI is InChI=1S/C20H25N5O3/c1-2-28-12-4-8-22-18(26)14-25-11-3-5-17-16(20(25)27)13-23-19(24-17)15-6-9-21-10-7-15/h6-7,9-10,13H,2-5,8,11-12,14H2,1H3,(H,22,26). The molecule has 0 aromatic carbocycles. The van der Waals surface area contributed by atoms with Gasteiger partial charge in [0.05, 0.1) is 17.8 Å². The topological polar surface area (TPSA) is 97.3 Å². The van der Waals surface area contributed by atoms with Crippen molar-refractivity contribution in [3.63, 3.8) is 0 Å². The summed E-state index contributed by atoms with van der Waals surface area (Å²) >= 11 is 0. The molecule has 28 heavy (non-hydrogen) atoms. The molecular weight excluding hydrogens is 358 g/mol. The van der Waals surface area contributed by atoms with E-state index in [-0.39, 0.29) is 18.4 Å². The Morgan fingerprint density at radius 3 is 2.93 bits per heavy atom. The van der Waals surface area contributed by atoms with Gasteiger partial charge in [0.15, 0.2) is 5.82 Å². The van der Waals surface area contributed by atoms with Crippen LogP contribution >= 0.6 is 0 Å². The number of nitrogens with zero attached hydrogens (tertiary/aromatic N) is 4. The number of aromatic nitrogens is 3. The van der Waals surface area contributed by atoms with E-state index < -0.39 is 0 Å². The summed E-state index contributed by atoms with van der Waals surface area (Å²) in [4.78, 5) is 39.5. The first-order valence-corrected chi connectivity index (χ1v) is 9.59. The fourth-order valence-electron chi connectivity index (χ4n) is 3.06. The van der Waals surface area contributed by atoms with Gasteiger partial charge in [0.2, 0.25) is 5.91 Å². The van der Waals surface area contributed by atoms with Crippen LogP contribution in [0.15, 0.2) is 30.7 Å². The van der Waals surface area contributed by atoms with Gasteiger partial charge in [0, 0.05) is 50.5 Å². The van der Waals surface area contributed by atoms with Crippen molar-refractivity contribution in [3.8, 4) is 11.4 Å². The maximum atomic E-state index is 12.9. The number of ether oxygens (including phenoxy) is 1. The molecule has 8 heteroatoms. The molecule has 0 aliphatic carbocycles. The Labute approximate surface area is 164 Å². The fraction of sp³-hybridized carbons (Fsp3) is 0.450. The molecule has 1 aliphatic rings. The zero-order valence-corrected chi connectivity index (χ0v) is 16.1. The van der Waals surface area contributed by atoms with Gasteiger partial charge in [-0.15, -0.1) is 0 Å². The third kappa shape index (κ3) is 5.10. The van der Waals surface area contributed by atoms with E-state index in [0.717, 1.165) is 24.1 Å². The number of aryl methyl sites for hydroxylation is 1. The van der Waals surface area contributed by atoms with Crippen molar-refractivity contribution in [3.05, 3.63) is 42.0 Å². The lowest BCUT2D eigenvalue weighted by Gasteiger charge is -2.20. The van der Waals surface area contributed by atoms with Gasteiger partial charge >= 0.3 is 0 Å². The minimum Gasteiger partial charge on any atom is -0.382 e. The molecule has 2 aromatic heterocycles. The Balaban J connectivity index is 1.63. The zero-order chi connectivity index (χ0) is 19.8. The highest BCUT2D eigenvalue weighted by molar-refractivity contribution is 5.97. The molecule has 0 unspecified atom stereocenters. The number of carbonyl (C=O) groups is 2. The Morgan fingerprint density at radius 1 is 1.32 bits per heavy atom. The molecule has 0 spiro atoms. The average Bonchev–Trinajstić information content (AvgIpc) is 2.87. The van der Waals surface area contributed by atoms with Crippen LogP contribution in [0.1, 0.15) is 35.8 Å². The van der Waals surface area contributed by atoms with Crippen molar-refractivity contribution in [2.45, 2.75) is 26.2 Å². The van der Waals surface area contributed by atoms with Crippen molar-refractivity contribution >= 4 is 11.8 Å². The lowest BCUT2D eigenvalue weighted by atomic mass is 10.1. The quantitative estimate of drug-likeness (QED) is 0.694. The largest absolute Gasteiger partial charge is 0.382 e. The first-order valence-electron chi connectivity index (χ1n) is 9.59. The van der Waals surface area contributed by atoms with Crippen molar-refractivity contribution in [1.82, 2.24) is 25.2 Å². The smallest absolute Gasteiger partial charge is 0.257 e. The molecule has 0 saturated heterocycles. The van der Waals surface area contributed by atoms with Gasteiger partial charge in [-0.1, -0.05) is 0 Å². The van der Waals surface area contributed by atoms with Crippen LogP contribution < -0.4 is 5.32 Å². The van der Waals surface area contributed by atoms with Gasteiger partial charge in [0.1, 0.15) is 0 Å². The maximum Gasteiger partial charge on any atom is 0.257 e. The van der Waals surface area contributed by atoms with E-state index in [1.807, 2.05) is 19.1 Å². The van der Waals surface area contributed by atoms with Gasteiger partial charge in [-0.3, -0.25) is 14.6 Å². The Morgan fingerprint density at radius 2 is 2.14 bits per heavy atom. The zero-order valence-electron chi connectivity index (χ0n) is 16.1. The fourth-order valence-corrected chi connectivity index (χ4v) is 3.06. The Kier molecular flexibility index (Phi) is 7.02. The maximum absolute atomic E-state index is 12.9. The number of hydrogen-bond donors (Lipinski definition) is 1. The molecule has 2 amide bonds. The first-order chi connectivity index (χ1) is 13.7. The van der Waals surface area contributed by atoms with Crippen LogP contribution in [0.2, 0.25) is 0 Å². The summed E-state index contributed by atoms with van der Waals surface area (Å²) in [6, 6.07) is 3.67. The number of hydrogen-bond acceptors (Lipinski definition) is 6. The summed E-state index contributed by atoms with van der Waals surface area (Å²) in [5, 5.41) is 2.83. The third-order valence-electron chi connectivity index (χ3n) is 4.49. The van der Waals surface area contributed by atoms with Crippen LogP contribution in [0.25, 0.3) is 11.4 Å². The summed E-state index contributed by atoms with van der Waals surface area (Å²) < 4.78 is 5.25. The molecule has 0 fully saturated rings. The summed E-state index contributed by atoms with van der Waals surface area (Å²) in [6.07, 6.45) is 7.12. The predicted molar refractivity (Wildman–Crippen MR) is 104 cm³/mol. The number of amides is 2. The van der Waals surface area contributed by atoms with Crippen LogP contribution in [0.3, 0.4) is 0 Å². The summed E-state index contributed by atoms with van der Waals surface area (Å²) in [7, 11) is 0. The molecule has 0 radical (unpaired) electrons. The average molecular weight is 383 g/mol. The highest BCUT2D eigenvalue weighted by atomic mass is 16.5. The summed E-state index contributed by atoms with van der Waals surface area (Å²) in [5.74, 6) is 0.218. The first kappa shape index (κ1) is 19.9. The van der Waals surface area contributed by atoms with E-state index >= 15 is 0 Å². The van der Waals surface area contributed by atoms with E-state index in [0.29, 0.717) is 44.1 Å². The normalized spacial score (nSPS) is 13.8. The van der Waals surface area contributed by atoms with E-state index in [1.165, 1.54) is 0 Å². The molecule has 8 nitrogen and oxygen atoms in total. The second-order valence-electron chi connectivity index (χ2n) is 6.52. The van der Waals surface area contributed by atoms with Gasteiger partial charge in [-0.25, -0.2) is 9.97 Å². The monoisotopic (exact) mass is 383 g/mol. The molecule has 1 aliphatic heterocycles. The molecule has 0 bridgehead atoms. The van der Waals surface area contributed by atoms with Gasteiger partial charge < -0.3 is 15.0 Å².